The summed E-state index contributed by atoms with van der Waals surface area (Å²) in [6, 6.07) is 0. The van der Waals surface area contributed by atoms with Crippen LogP contribution in [0.3, 0.4) is 0 Å². The second-order valence-electron chi connectivity index (χ2n) is 6.83. The number of hydrogen-bond acceptors (Lipinski definition) is 3. The molecule has 118 valence electrons. The third-order valence-corrected chi connectivity index (χ3v) is 8.06. The Hall–Kier alpha value is 0.260. The maximum atomic E-state index is 11.7. The first-order valence-corrected chi connectivity index (χ1v) is 9.07. The van der Waals surface area contributed by atoms with Crippen molar-refractivity contribution in [3.05, 3.63) is 0 Å². The number of carbonyl (C=O) groups is 1. The Morgan fingerprint density at radius 3 is 2.45 bits per heavy atom. The van der Waals surface area contributed by atoms with Gasteiger partial charge >= 0.3 is 5.97 Å². The van der Waals surface area contributed by atoms with E-state index in [4.69, 9.17) is 4.74 Å². The van der Waals surface area contributed by atoms with Gasteiger partial charge in [-0.05, 0) is 25.2 Å². The van der Waals surface area contributed by atoms with E-state index in [2.05, 4.69) is 27.0 Å². The molecule has 3 nitrogen and oxygen atoms in total. The van der Waals surface area contributed by atoms with Gasteiger partial charge in [0.05, 0.1) is 12.9 Å². The van der Waals surface area contributed by atoms with Crippen molar-refractivity contribution in [2.45, 2.75) is 51.9 Å². The van der Waals surface area contributed by atoms with Gasteiger partial charge in [0, 0.05) is 22.2 Å². The van der Waals surface area contributed by atoms with Gasteiger partial charge in [-0.25, -0.2) is 4.79 Å². The molecule has 5 atom stereocenters. The third-order valence-electron chi connectivity index (χ3n) is 5.85. The van der Waals surface area contributed by atoms with E-state index < -0.39 is 0 Å². The number of aliphatic hydroxyl groups excluding tert-OH is 1. The number of carbonyl (C=O) groups excluding carboxylic acids is 1. The molecule has 2 fully saturated rings. The van der Waals surface area contributed by atoms with E-state index >= 15 is 0 Å². The average molecular weight is 367 g/mol. The molecule has 2 saturated carbocycles. The number of fused-ring (bicyclic) bond motifs is 2. The fourth-order valence-corrected chi connectivity index (χ4v) is 6.66. The maximum absolute atomic E-state index is 11.7. The molecule has 0 saturated heterocycles. The van der Waals surface area contributed by atoms with Gasteiger partial charge in [-0.15, -0.1) is 0 Å². The van der Waals surface area contributed by atoms with Crippen molar-refractivity contribution in [2.75, 3.05) is 18.6 Å². The minimum atomic E-state index is -0.274. The van der Waals surface area contributed by atoms with Crippen LogP contribution in [0.2, 0.25) is 0 Å². The molecule has 2 aliphatic rings. The molecule has 1 unspecified atom stereocenters. The SMILES string of the molecule is CCOC(=O)C[S+](C)[C@@H]1[C@H]2CC[C@@](C)([C@@H]1O)C2(C)C.[Br-]. The van der Waals surface area contributed by atoms with Gasteiger partial charge in [0.2, 0.25) is 5.75 Å². The van der Waals surface area contributed by atoms with Gasteiger partial charge in [-0.1, -0.05) is 20.8 Å². The lowest BCUT2D eigenvalue weighted by molar-refractivity contribution is -0.139. The van der Waals surface area contributed by atoms with E-state index in [1.807, 2.05) is 6.92 Å². The molecule has 0 radical (unpaired) electrons. The molecule has 20 heavy (non-hydrogen) atoms. The molecule has 0 heterocycles. The molecule has 1 N–H and O–H groups in total. The van der Waals surface area contributed by atoms with Crippen LogP contribution in [-0.2, 0) is 20.4 Å². The summed E-state index contributed by atoms with van der Waals surface area (Å²) in [7, 11) is -0.104. The molecule has 0 aromatic heterocycles. The van der Waals surface area contributed by atoms with E-state index in [1.165, 1.54) is 6.42 Å². The average Bonchev–Trinajstić information content (AvgIpc) is 2.61. The van der Waals surface area contributed by atoms with Crippen LogP contribution in [-0.4, -0.2) is 41.0 Å². The summed E-state index contributed by atoms with van der Waals surface area (Å²) >= 11 is 0. The van der Waals surface area contributed by atoms with Crippen LogP contribution in [0.25, 0.3) is 0 Å². The van der Waals surface area contributed by atoms with Crippen molar-refractivity contribution < 1.29 is 31.6 Å². The third kappa shape index (κ3) is 2.54. The first-order chi connectivity index (χ1) is 8.75. The molecule has 2 bridgehead atoms. The molecule has 0 aromatic rings. The highest BCUT2D eigenvalue weighted by molar-refractivity contribution is 7.97. The molecule has 2 rings (SSSR count). The topological polar surface area (TPSA) is 46.5 Å². The minimum Gasteiger partial charge on any atom is -1.00 e. The molecule has 0 aromatic carbocycles. The van der Waals surface area contributed by atoms with Crippen molar-refractivity contribution in [1.29, 1.82) is 0 Å². The standard InChI is InChI=1S/C15H27O3S.BrH/c1-6-18-11(16)9-19(5)12-10-7-8-15(4,13(12)17)14(10,2)3;/h10,12-13,17H,6-9H2,1-5H3;1H/q+1;/p-1/t10-,12-,13-,15+,19?;/m1./s1. The summed E-state index contributed by atoms with van der Waals surface area (Å²) in [6.07, 6.45) is 4.14. The zero-order valence-corrected chi connectivity index (χ0v) is 15.5. The normalized spacial score (nSPS) is 39.2. The summed E-state index contributed by atoms with van der Waals surface area (Å²) in [5.41, 5.74) is 0.186. The fraction of sp³-hybridized carbons (Fsp3) is 0.933. The number of hydrogen-bond donors (Lipinski definition) is 1. The van der Waals surface area contributed by atoms with Crippen molar-refractivity contribution >= 4 is 16.9 Å². The highest BCUT2D eigenvalue weighted by atomic mass is 79.9. The summed E-state index contributed by atoms with van der Waals surface area (Å²) in [5.74, 6) is 0.875. The van der Waals surface area contributed by atoms with Crippen molar-refractivity contribution in [3.8, 4) is 0 Å². The minimum absolute atomic E-state index is 0. The van der Waals surface area contributed by atoms with Gasteiger partial charge in [0.1, 0.15) is 11.4 Å². The number of esters is 1. The predicted octanol–water partition coefficient (Wildman–Crippen LogP) is -1.01. The zero-order chi connectivity index (χ0) is 14.4. The summed E-state index contributed by atoms with van der Waals surface area (Å²) < 4.78 is 5.05. The van der Waals surface area contributed by atoms with E-state index in [9.17, 15) is 9.90 Å². The van der Waals surface area contributed by atoms with Crippen LogP contribution in [0.4, 0.5) is 0 Å². The van der Waals surface area contributed by atoms with Crippen LogP contribution in [0.15, 0.2) is 0 Å². The quantitative estimate of drug-likeness (QED) is 0.512. The lowest BCUT2D eigenvalue weighted by Crippen LogP contribution is -3.00. The molecular formula is C15H27BrO3S. The Kier molecular flexibility index (Phi) is 5.65. The van der Waals surface area contributed by atoms with Crippen LogP contribution < -0.4 is 17.0 Å². The van der Waals surface area contributed by atoms with E-state index in [-0.39, 0.29) is 56.0 Å². The molecule has 0 aliphatic heterocycles. The second-order valence-corrected chi connectivity index (χ2v) is 9.05. The van der Waals surface area contributed by atoms with Crippen molar-refractivity contribution in [2.24, 2.45) is 16.7 Å². The molecule has 0 amide bonds. The number of ether oxygens (including phenoxy) is 1. The lowest BCUT2D eigenvalue weighted by atomic mass is 9.70. The number of halogens is 1. The fourth-order valence-electron chi connectivity index (χ4n) is 4.23. The van der Waals surface area contributed by atoms with Gasteiger partial charge in [0.25, 0.3) is 0 Å². The van der Waals surface area contributed by atoms with Gasteiger partial charge < -0.3 is 26.8 Å². The highest BCUT2D eigenvalue weighted by Gasteiger charge is 2.70. The van der Waals surface area contributed by atoms with Gasteiger partial charge in [-0.2, -0.15) is 0 Å². The smallest absolute Gasteiger partial charge is 0.356 e. The van der Waals surface area contributed by atoms with Gasteiger partial charge in [-0.3, -0.25) is 0 Å². The van der Waals surface area contributed by atoms with Gasteiger partial charge in [0.15, 0.2) is 0 Å². The number of aliphatic hydroxyl groups is 1. The second kappa shape index (κ2) is 6.17. The maximum Gasteiger partial charge on any atom is 0.356 e. The largest absolute Gasteiger partial charge is 1.00 e. The predicted molar refractivity (Wildman–Crippen MR) is 79.2 cm³/mol. The molecular weight excluding hydrogens is 340 g/mol. The van der Waals surface area contributed by atoms with Crippen molar-refractivity contribution in [3.63, 3.8) is 0 Å². The summed E-state index contributed by atoms with van der Waals surface area (Å²) in [6.45, 7) is 9.07. The highest BCUT2D eigenvalue weighted by Crippen LogP contribution is 2.66. The molecule has 0 spiro atoms. The Labute approximate surface area is 136 Å². The van der Waals surface area contributed by atoms with Crippen LogP contribution in [0.5, 0.6) is 0 Å². The Morgan fingerprint density at radius 1 is 1.40 bits per heavy atom. The van der Waals surface area contributed by atoms with Crippen LogP contribution in [0.1, 0.15) is 40.5 Å². The Balaban J connectivity index is 0.00000200. The van der Waals surface area contributed by atoms with Crippen LogP contribution >= 0.6 is 0 Å². The summed E-state index contributed by atoms with van der Waals surface area (Å²) in [5, 5.41) is 11.0. The van der Waals surface area contributed by atoms with E-state index in [1.54, 1.807) is 0 Å². The zero-order valence-electron chi connectivity index (χ0n) is 13.1. The number of rotatable bonds is 4. The Morgan fingerprint density at radius 2 is 2.00 bits per heavy atom. The lowest BCUT2D eigenvalue weighted by Gasteiger charge is -2.36. The Bertz CT molecular complexity index is 374. The molecule has 5 heteroatoms. The first kappa shape index (κ1) is 18.3. The molecule has 2 aliphatic carbocycles. The van der Waals surface area contributed by atoms with E-state index in [0.717, 1.165) is 6.42 Å². The van der Waals surface area contributed by atoms with E-state index in [0.29, 0.717) is 18.3 Å². The monoisotopic (exact) mass is 366 g/mol. The summed E-state index contributed by atoms with van der Waals surface area (Å²) in [4.78, 5) is 11.7. The van der Waals surface area contributed by atoms with Crippen LogP contribution in [0, 0.1) is 16.7 Å². The van der Waals surface area contributed by atoms with Crippen molar-refractivity contribution in [1.82, 2.24) is 0 Å². The first-order valence-electron chi connectivity index (χ1n) is 7.20.